The Labute approximate surface area is 208 Å². The van der Waals surface area contributed by atoms with Crippen molar-refractivity contribution in [2.45, 2.75) is 13.0 Å². The van der Waals surface area contributed by atoms with Crippen LogP contribution in [0.5, 0.6) is 0 Å². The average Bonchev–Trinajstić information content (AvgIpc) is 2.74. The van der Waals surface area contributed by atoms with E-state index in [1.165, 1.54) is 17.8 Å². The average molecular weight is 510 g/mol. The molecule has 0 bridgehead atoms. The van der Waals surface area contributed by atoms with Crippen molar-refractivity contribution in [1.29, 1.82) is 0 Å². The monoisotopic (exact) mass is 510 g/mol. The zero-order valence-corrected chi connectivity index (χ0v) is 21.2. The van der Waals surface area contributed by atoms with E-state index in [9.17, 15) is 14.5 Å². The van der Waals surface area contributed by atoms with Crippen molar-refractivity contribution < 1.29 is 51.9 Å². The van der Waals surface area contributed by atoms with Crippen molar-refractivity contribution in [3.05, 3.63) is 107 Å². The smallest absolute Gasteiger partial charge is 0.207 e. The molecule has 0 aliphatic carbocycles. The summed E-state index contributed by atoms with van der Waals surface area (Å²) in [4.78, 5) is 16.6. The number of benzene rings is 2. The van der Waals surface area contributed by atoms with Gasteiger partial charge in [0.15, 0.2) is 0 Å². The van der Waals surface area contributed by atoms with Gasteiger partial charge in [0.1, 0.15) is 11.5 Å². The van der Waals surface area contributed by atoms with Crippen LogP contribution in [0.1, 0.15) is 32.7 Å². The second kappa shape index (κ2) is 12.8. The van der Waals surface area contributed by atoms with Crippen molar-refractivity contribution >= 4 is 19.3 Å². The van der Waals surface area contributed by atoms with E-state index in [0.29, 0.717) is 5.56 Å². The minimum absolute atomic E-state index is 0. The van der Waals surface area contributed by atoms with Crippen LogP contribution in [0.2, 0.25) is 0 Å². The molecule has 1 atom stereocenters. The fourth-order valence-corrected chi connectivity index (χ4v) is 3.35. The van der Waals surface area contributed by atoms with Gasteiger partial charge in [0.2, 0.25) is 5.78 Å². The normalized spacial score (nSPS) is 12.1. The van der Waals surface area contributed by atoms with E-state index in [2.05, 4.69) is 4.98 Å². The van der Waals surface area contributed by atoms with Crippen molar-refractivity contribution in [1.82, 2.24) is 4.98 Å². The van der Waals surface area contributed by atoms with Gasteiger partial charge in [-0.05, 0) is 48.0 Å². The van der Waals surface area contributed by atoms with E-state index in [0.717, 1.165) is 17.5 Å². The second-order valence-electron chi connectivity index (χ2n) is 7.00. The molecule has 2 aromatic carbocycles. The predicted octanol–water partition coefficient (Wildman–Crippen LogP) is 5.12. The molecular weight excluding hydrogens is 486 g/mol. The maximum absolute atomic E-state index is 12.6. The van der Waals surface area contributed by atoms with E-state index in [-0.39, 0.29) is 57.1 Å². The third-order valence-corrected chi connectivity index (χ3v) is 5.00. The van der Waals surface area contributed by atoms with E-state index in [4.69, 9.17) is 4.74 Å². The number of ketones is 1. The number of allylic oxidation sites excluding steroid dienone is 1. The Hall–Kier alpha value is -1.91. The minimum atomic E-state index is -1.70. The molecule has 5 nitrogen and oxygen atoms in total. The Morgan fingerprint density at radius 1 is 1.03 bits per heavy atom. The Balaban J connectivity index is 0.00000341. The van der Waals surface area contributed by atoms with E-state index in [1.54, 1.807) is 24.9 Å². The van der Waals surface area contributed by atoms with E-state index in [1.807, 2.05) is 48.5 Å². The molecule has 0 spiro atoms. The van der Waals surface area contributed by atoms with E-state index >= 15 is 0 Å². The zero-order chi connectivity index (χ0) is 21.3. The second-order valence-corrected chi connectivity index (χ2v) is 8.69. The number of rotatable bonds is 9. The van der Waals surface area contributed by atoms with Crippen LogP contribution < -0.4 is 0 Å². The minimum Gasteiger partial charge on any atom is -0.507 e. The Kier molecular flexibility index (Phi) is 10.5. The zero-order valence-electron chi connectivity index (χ0n) is 17.3. The Morgan fingerprint density at radius 2 is 1.77 bits per heavy atom. The maximum atomic E-state index is 12.6. The topological polar surface area (TPSA) is 76.5 Å². The maximum Gasteiger partial charge on any atom is 0.207 e. The first-order valence-electron chi connectivity index (χ1n) is 9.61. The summed E-state index contributed by atoms with van der Waals surface area (Å²) in [5, 5.41) is 10.5. The van der Waals surface area contributed by atoms with E-state index < -0.39 is 13.6 Å². The summed E-state index contributed by atoms with van der Waals surface area (Å²) >= 11 is 0. The van der Waals surface area contributed by atoms with Crippen LogP contribution in [0, 0.1) is 0 Å². The Bertz CT molecular complexity index is 1070. The van der Waals surface area contributed by atoms with Crippen LogP contribution in [0.4, 0.5) is 0 Å². The van der Waals surface area contributed by atoms with Crippen molar-refractivity contribution in [2.24, 2.45) is 0 Å². The van der Waals surface area contributed by atoms with Gasteiger partial charge in [-0.3, -0.25) is 9.78 Å². The number of hydrogen-bond donors (Lipinski definition) is 1. The van der Waals surface area contributed by atoms with Crippen LogP contribution in [0.3, 0.4) is 0 Å². The molecule has 1 unspecified atom stereocenters. The van der Waals surface area contributed by atoms with Crippen molar-refractivity contribution in [3.8, 4) is 0 Å². The predicted molar refractivity (Wildman–Crippen MR) is 119 cm³/mol. The largest absolute Gasteiger partial charge is 0.507 e. The number of aliphatic hydroxyl groups is 1. The third kappa shape index (κ3) is 8.27. The van der Waals surface area contributed by atoms with Gasteiger partial charge in [-0.15, -0.1) is 0 Å². The molecular formula is C24H24NO4PY. The molecule has 3 rings (SSSR count). The first kappa shape index (κ1) is 25.4. The molecule has 1 heterocycles. The van der Waals surface area contributed by atoms with Crippen LogP contribution in [0.25, 0.3) is 5.76 Å². The van der Waals surface area contributed by atoms with Gasteiger partial charge >= 0.3 is 0 Å². The fraction of sp³-hybridized carbons (Fsp3) is 0.167. The Morgan fingerprint density at radius 3 is 2.52 bits per heavy atom. The van der Waals surface area contributed by atoms with Gasteiger partial charge in [0.05, 0.1) is 20.8 Å². The van der Waals surface area contributed by atoms with Gasteiger partial charge < -0.3 is 14.4 Å². The fourth-order valence-electron chi connectivity index (χ4n) is 2.97. The number of carbonyl (C=O) groups excluding carboxylic acids is 1. The molecule has 1 radical (unpaired) electrons. The molecule has 0 amide bonds. The van der Waals surface area contributed by atoms with Crippen LogP contribution in [-0.4, -0.2) is 28.9 Å². The summed E-state index contributed by atoms with van der Waals surface area (Å²) in [6, 6.07) is 20.9. The number of hydrogen-bond acceptors (Lipinski definition) is 5. The molecule has 0 aliphatic heterocycles. The summed E-state index contributed by atoms with van der Waals surface area (Å²) in [6.45, 7) is 1.89. The first-order chi connectivity index (χ1) is 14.5. The van der Waals surface area contributed by atoms with Crippen LogP contribution >= 0.6 is 7.80 Å². The molecule has 0 fully saturated rings. The quantitative estimate of drug-likeness (QED) is 0.187. The molecule has 0 saturated heterocycles. The molecule has 31 heavy (non-hydrogen) atoms. The van der Waals surface area contributed by atoms with Crippen molar-refractivity contribution in [2.75, 3.05) is 13.0 Å². The summed E-state index contributed by atoms with van der Waals surface area (Å²) < 4.78 is 16.5. The third-order valence-electron chi connectivity index (χ3n) is 4.39. The van der Waals surface area contributed by atoms with Gasteiger partial charge in [0, 0.05) is 50.5 Å². The standard InChI is InChI=1S/C24H24NO4P.Y/c1-30(28)17-29-16-20-10-11-25-22(14-20)24(27)15-23(26)21-9-5-8-19(13-21)12-18-6-3-2-4-7-18;/h2-11,13-15,26,30H,12,16-17H2,1H3;/b23-15-;. The number of nitrogens with zero attached hydrogens (tertiary/aromatic N) is 1. The van der Waals surface area contributed by atoms with Gasteiger partial charge in [-0.1, -0.05) is 48.5 Å². The number of carbonyl (C=O) groups is 1. The number of aromatic nitrogens is 1. The SMILES string of the molecule is C[PH](=O)COCc1ccnc(C(=O)/C=C(\O)c2cccc(Cc3ccccc3)c2)c1.[Y]. The molecule has 0 saturated carbocycles. The van der Waals surface area contributed by atoms with Crippen molar-refractivity contribution in [3.63, 3.8) is 0 Å². The van der Waals surface area contributed by atoms with Crippen LogP contribution in [-0.2, 0) is 55.0 Å². The summed E-state index contributed by atoms with van der Waals surface area (Å²) in [5.41, 5.74) is 3.76. The molecule has 7 heteroatoms. The first-order valence-corrected chi connectivity index (χ1v) is 11.7. The number of ether oxygens (including phenoxy) is 1. The molecule has 1 aromatic heterocycles. The summed E-state index contributed by atoms with van der Waals surface area (Å²) in [5.74, 6) is -0.505. The molecule has 157 valence electrons. The number of pyridine rings is 1. The summed E-state index contributed by atoms with van der Waals surface area (Å²) in [7, 11) is -1.70. The molecule has 1 N–H and O–H groups in total. The van der Waals surface area contributed by atoms with Gasteiger partial charge in [0.25, 0.3) is 0 Å². The summed E-state index contributed by atoms with van der Waals surface area (Å²) in [6.07, 6.45) is 3.64. The molecule has 0 aliphatic rings. The van der Waals surface area contributed by atoms with Gasteiger partial charge in [-0.2, -0.15) is 0 Å². The van der Waals surface area contributed by atoms with Crippen LogP contribution in [0.15, 0.2) is 79.0 Å². The number of aliphatic hydroxyl groups excluding tert-OH is 1. The molecule has 3 aromatic rings. The van der Waals surface area contributed by atoms with Gasteiger partial charge in [-0.25, -0.2) is 0 Å².